The molecule has 0 saturated carbocycles. The van der Waals surface area contributed by atoms with Crippen molar-refractivity contribution in [3.63, 3.8) is 0 Å². The summed E-state index contributed by atoms with van der Waals surface area (Å²) in [6.45, 7) is 2.14. The van der Waals surface area contributed by atoms with Crippen molar-refractivity contribution in [2.75, 3.05) is 13.1 Å². The Kier molecular flexibility index (Phi) is 6.09. The van der Waals surface area contributed by atoms with Crippen LogP contribution in [0.5, 0.6) is 0 Å². The van der Waals surface area contributed by atoms with Crippen LogP contribution in [0.25, 0.3) is 0 Å². The zero-order chi connectivity index (χ0) is 10.3. The van der Waals surface area contributed by atoms with E-state index in [-0.39, 0.29) is 12.3 Å². The van der Waals surface area contributed by atoms with Gasteiger partial charge in [-0.25, -0.2) is 0 Å². The molecule has 4 N–H and O–H groups in total. The minimum Gasteiger partial charge on any atom is -0.480 e. The highest BCUT2D eigenvalue weighted by Crippen LogP contribution is 1.90. The van der Waals surface area contributed by atoms with E-state index in [2.05, 4.69) is 5.32 Å². The Balaban J connectivity index is 3.72. The monoisotopic (exact) mass is 188 g/mol. The number of Topliss-reactive ketones (excluding diaryl/α,β-unsaturated/α-hetero) is 1. The highest BCUT2D eigenvalue weighted by Gasteiger charge is 2.14. The van der Waals surface area contributed by atoms with Crippen LogP contribution in [0, 0.1) is 0 Å². The summed E-state index contributed by atoms with van der Waals surface area (Å²) in [6.07, 6.45) is 0.758. The molecule has 5 nitrogen and oxygen atoms in total. The van der Waals surface area contributed by atoms with Crippen molar-refractivity contribution >= 4 is 11.8 Å². The predicted octanol–water partition coefficient (Wildman–Crippen LogP) is -0.643. The van der Waals surface area contributed by atoms with Gasteiger partial charge in [-0.1, -0.05) is 6.92 Å². The molecule has 13 heavy (non-hydrogen) atoms. The number of carboxylic acids is 1. The minimum atomic E-state index is -0.928. The maximum atomic E-state index is 11.0. The van der Waals surface area contributed by atoms with E-state index < -0.39 is 12.0 Å². The predicted molar refractivity (Wildman–Crippen MR) is 48.4 cm³/mol. The Morgan fingerprint density at radius 3 is 2.54 bits per heavy atom. The molecule has 0 aromatic carbocycles. The summed E-state index contributed by atoms with van der Waals surface area (Å²) >= 11 is 0. The van der Waals surface area contributed by atoms with E-state index in [1.807, 2.05) is 0 Å². The number of aliphatic carboxylic acids is 1. The first kappa shape index (κ1) is 12.1. The molecule has 0 fully saturated rings. The Bertz CT molecular complexity index is 182. The number of carboxylic acid groups (broad SMARTS) is 1. The lowest BCUT2D eigenvalue weighted by molar-refractivity contribution is -0.139. The minimum absolute atomic E-state index is 0.0535. The Labute approximate surface area is 77.3 Å². The summed E-state index contributed by atoms with van der Waals surface area (Å²) in [5.41, 5.74) is 5.16. The number of rotatable bonds is 7. The van der Waals surface area contributed by atoms with Gasteiger partial charge in [-0.3, -0.25) is 14.9 Å². The first-order valence-corrected chi connectivity index (χ1v) is 4.29. The highest BCUT2D eigenvalue weighted by molar-refractivity contribution is 5.81. The van der Waals surface area contributed by atoms with Crippen LogP contribution in [0.4, 0.5) is 0 Å². The van der Waals surface area contributed by atoms with Crippen LogP contribution in [0.1, 0.15) is 19.8 Å². The lowest BCUT2D eigenvalue weighted by atomic mass is 10.2. The lowest BCUT2D eigenvalue weighted by Gasteiger charge is -2.10. The average Bonchev–Trinajstić information content (AvgIpc) is 2.05. The van der Waals surface area contributed by atoms with Gasteiger partial charge in [-0.15, -0.1) is 0 Å². The molecule has 1 atom stereocenters. The molecular formula is C8H16N2O3. The van der Waals surface area contributed by atoms with Gasteiger partial charge in [0.2, 0.25) is 0 Å². The van der Waals surface area contributed by atoms with E-state index in [0.717, 1.165) is 0 Å². The van der Waals surface area contributed by atoms with Crippen LogP contribution >= 0.6 is 0 Å². The third kappa shape index (κ3) is 5.32. The maximum Gasteiger partial charge on any atom is 0.320 e. The van der Waals surface area contributed by atoms with Gasteiger partial charge in [-0.05, 0) is 13.0 Å². The molecule has 0 bridgehead atoms. The van der Waals surface area contributed by atoms with Crippen LogP contribution in [0.2, 0.25) is 0 Å². The summed E-state index contributed by atoms with van der Waals surface area (Å²) in [6, 6.07) is -0.637. The second kappa shape index (κ2) is 6.56. The number of carbonyl (C=O) groups is 2. The summed E-state index contributed by atoms with van der Waals surface area (Å²) in [4.78, 5) is 21.5. The molecule has 1 unspecified atom stereocenters. The van der Waals surface area contributed by atoms with Crippen molar-refractivity contribution in [1.82, 2.24) is 5.32 Å². The quantitative estimate of drug-likeness (QED) is 0.494. The number of carbonyl (C=O) groups excluding carboxylic acids is 1. The second-order valence-corrected chi connectivity index (χ2v) is 2.76. The summed E-state index contributed by atoms with van der Waals surface area (Å²) < 4.78 is 0. The standard InChI is InChI=1S/C8H16N2O3/c1-2-7(8(12)13)10-5-6(11)3-4-9/h7,10H,2-5,9H2,1H3,(H,12,13). The van der Waals surface area contributed by atoms with Gasteiger partial charge in [0, 0.05) is 6.42 Å². The van der Waals surface area contributed by atoms with Crippen molar-refractivity contribution in [2.24, 2.45) is 5.73 Å². The van der Waals surface area contributed by atoms with Gasteiger partial charge < -0.3 is 10.8 Å². The smallest absolute Gasteiger partial charge is 0.320 e. The van der Waals surface area contributed by atoms with Crippen molar-refractivity contribution < 1.29 is 14.7 Å². The fourth-order valence-corrected chi connectivity index (χ4v) is 0.893. The molecule has 0 heterocycles. The third-order valence-corrected chi connectivity index (χ3v) is 1.68. The lowest BCUT2D eigenvalue weighted by Crippen LogP contribution is -2.39. The highest BCUT2D eigenvalue weighted by atomic mass is 16.4. The number of nitrogens with two attached hydrogens (primary N) is 1. The van der Waals surface area contributed by atoms with Crippen LogP contribution in [0.3, 0.4) is 0 Å². The molecule has 0 aliphatic rings. The summed E-state index contributed by atoms with van der Waals surface area (Å²) in [5, 5.41) is 11.3. The molecule has 0 aliphatic heterocycles. The van der Waals surface area contributed by atoms with Gasteiger partial charge >= 0.3 is 5.97 Å². The number of hydrogen-bond acceptors (Lipinski definition) is 4. The molecular weight excluding hydrogens is 172 g/mol. The molecule has 0 rings (SSSR count). The van der Waals surface area contributed by atoms with E-state index in [1.165, 1.54) is 0 Å². The average molecular weight is 188 g/mol. The Hall–Kier alpha value is -0.940. The molecule has 76 valence electrons. The SMILES string of the molecule is CCC(NCC(=O)CCN)C(=O)O. The van der Waals surface area contributed by atoms with Crippen molar-refractivity contribution in [1.29, 1.82) is 0 Å². The largest absolute Gasteiger partial charge is 0.480 e. The Morgan fingerprint density at radius 1 is 1.54 bits per heavy atom. The van der Waals surface area contributed by atoms with E-state index >= 15 is 0 Å². The first-order chi connectivity index (χ1) is 6.11. The van der Waals surface area contributed by atoms with E-state index in [1.54, 1.807) is 6.92 Å². The van der Waals surface area contributed by atoms with Crippen LogP contribution < -0.4 is 11.1 Å². The third-order valence-electron chi connectivity index (χ3n) is 1.68. The molecule has 0 spiro atoms. The van der Waals surface area contributed by atoms with E-state index in [4.69, 9.17) is 10.8 Å². The molecule has 0 aromatic heterocycles. The van der Waals surface area contributed by atoms with Crippen LogP contribution in [-0.2, 0) is 9.59 Å². The molecule has 0 aromatic rings. The van der Waals surface area contributed by atoms with Gasteiger partial charge in [0.05, 0.1) is 6.54 Å². The zero-order valence-corrected chi connectivity index (χ0v) is 7.75. The second-order valence-electron chi connectivity index (χ2n) is 2.76. The van der Waals surface area contributed by atoms with Crippen molar-refractivity contribution in [3.8, 4) is 0 Å². The number of nitrogens with one attached hydrogen (secondary N) is 1. The molecule has 0 aliphatic carbocycles. The topological polar surface area (TPSA) is 92.4 Å². The molecule has 0 amide bonds. The number of hydrogen-bond donors (Lipinski definition) is 3. The van der Waals surface area contributed by atoms with Gasteiger partial charge in [0.15, 0.2) is 0 Å². The van der Waals surface area contributed by atoms with Gasteiger partial charge in [-0.2, -0.15) is 0 Å². The van der Waals surface area contributed by atoms with Gasteiger partial charge in [0.1, 0.15) is 11.8 Å². The van der Waals surface area contributed by atoms with Gasteiger partial charge in [0.25, 0.3) is 0 Å². The first-order valence-electron chi connectivity index (χ1n) is 4.29. The van der Waals surface area contributed by atoms with E-state index in [9.17, 15) is 9.59 Å². The Morgan fingerprint density at radius 2 is 2.15 bits per heavy atom. The zero-order valence-electron chi connectivity index (χ0n) is 7.75. The van der Waals surface area contributed by atoms with Crippen LogP contribution in [-0.4, -0.2) is 36.0 Å². The fraction of sp³-hybridized carbons (Fsp3) is 0.750. The van der Waals surface area contributed by atoms with Crippen LogP contribution in [0.15, 0.2) is 0 Å². The van der Waals surface area contributed by atoms with E-state index in [0.29, 0.717) is 19.4 Å². The molecule has 0 saturated heterocycles. The summed E-state index contributed by atoms with van der Waals surface area (Å²) in [5.74, 6) is -0.981. The normalized spacial score (nSPS) is 12.5. The number of ketones is 1. The molecule has 5 heteroatoms. The summed E-state index contributed by atoms with van der Waals surface area (Å²) in [7, 11) is 0. The molecule has 0 radical (unpaired) electrons. The van der Waals surface area contributed by atoms with Crippen molar-refractivity contribution in [2.45, 2.75) is 25.8 Å². The fourth-order valence-electron chi connectivity index (χ4n) is 0.893. The van der Waals surface area contributed by atoms with Crippen molar-refractivity contribution in [3.05, 3.63) is 0 Å². The maximum absolute atomic E-state index is 11.0.